The van der Waals surface area contributed by atoms with Gasteiger partial charge in [0.1, 0.15) is 5.75 Å². The number of phenols is 1. The summed E-state index contributed by atoms with van der Waals surface area (Å²) in [6, 6.07) is 14.5. The number of rotatable bonds is 5. The second-order valence-electron chi connectivity index (χ2n) is 9.69. The van der Waals surface area contributed by atoms with Crippen molar-refractivity contribution in [1.82, 2.24) is 0 Å². The summed E-state index contributed by atoms with van der Waals surface area (Å²) < 4.78 is 0. The number of phenolic OH excluding ortho intramolecular Hbond substituents is 1. The summed E-state index contributed by atoms with van der Waals surface area (Å²) >= 11 is -0.826. The van der Waals surface area contributed by atoms with Crippen molar-refractivity contribution < 1.29 is 26.0 Å². The minimum atomic E-state index is -0.826. The zero-order valence-corrected chi connectivity index (χ0v) is 22.1. The molecule has 0 radical (unpaired) electrons. The van der Waals surface area contributed by atoms with Crippen LogP contribution in [0.15, 0.2) is 47.5 Å². The molecule has 0 atom stereocenters. The van der Waals surface area contributed by atoms with Gasteiger partial charge in [0.2, 0.25) is 0 Å². The van der Waals surface area contributed by atoms with Crippen molar-refractivity contribution in [2.24, 2.45) is 22.7 Å². The van der Waals surface area contributed by atoms with Gasteiger partial charge in [0.15, 0.2) is 0 Å². The fourth-order valence-electron chi connectivity index (χ4n) is 6.75. The van der Waals surface area contributed by atoms with E-state index in [1.54, 1.807) is 0 Å². The molecule has 0 amide bonds. The molecule has 1 N–H and O–H groups in total. The molecule has 4 fully saturated rings. The molecular formula is C26H31Cl2NOZr. The first-order valence-corrected chi connectivity index (χ1v) is 17.8. The third-order valence-corrected chi connectivity index (χ3v) is 7.46. The number of nitrogens with zero attached hydrogens (tertiary/aromatic N) is 1. The number of hydrogen-bond donors (Lipinski definition) is 1. The van der Waals surface area contributed by atoms with Gasteiger partial charge in [-0.3, -0.25) is 4.99 Å². The first kappa shape index (κ1) is 23.5. The fourth-order valence-corrected chi connectivity index (χ4v) is 6.75. The Morgan fingerprint density at radius 2 is 1.61 bits per heavy atom. The van der Waals surface area contributed by atoms with Crippen molar-refractivity contribution in [1.29, 1.82) is 0 Å². The van der Waals surface area contributed by atoms with Gasteiger partial charge in [-0.15, -0.1) is 0 Å². The first-order chi connectivity index (χ1) is 15.1. The predicted octanol–water partition coefficient (Wildman–Crippen LogP) is 7.94. The van der Waals surface area contributed by atoms with E-state index in [1.165, 1.54) is 49.7 Å². The summed E-state index contributed by atoms with van der Waals surface area (Å²) in [6.45, 7) is 2.23. The maximum absolute atomic E-state index is 11.3. The van der Waals surface area contributed by atoms with Crippen LogP contribution in [-0.4, -0.2) is 11.3 Å². The van der Waals surface area contributed by atoms with E-state index in [0.717, 1.165) is 41.8 Å². The Balaban J connectivity index is 0.000000730. The van der Waals surface area contributed by atoms with Crippen molar-refractivity contribution in [3.63, 3.8) is 0 Å². The average Bonchev–Trinajstić information content (AvgIpc) is 2.74. The predicted molar refractivity (Wildman–Crippen MR) is 127 cm³/mol. The van der Waals surface area contributed by atoms with Gasteiger partial charge >= 0.3 is 37.9 Å². The molecule has 4 aliphatic carbocycles. The monoisotopic (exact) mass is 533 g/mol. The molecule has 4 saturated carbocycles. The molecule has 2 aromatic rings. The van der Waals surface area contributed by atoms with E-state index in [1.807, 2.05) is 36.5 Å². The van der Waals surface area contributed by atoms with E-state index >= 15 is 0 Å². The summed E-state index contributed by atoms with van der Waals surface area (Å²) in [7, 11) is 9.87. The van der Waals surface area contributed by atoms with Gasteiger partial charge in [-0.05, 0) is 91.9 Å². The summed E-state index contributed by atoms with van der Waals surface area (Å²) in [6.07, 6.45) is 12.2. The Kier molecular flexibility index (Phi) is 8.00. The van der Waals surface area contributed by atoms with Crippen LogP contribution in [0.1, 0.15) is 68.6 Å². The van der Waals surface area contributed by atoms with Crippen LogP contribution in [0, 0.1) is 17.8 Å². The molecule has 6 rings (SSSR count). The minimum absolute atomic E-state index is 0.206. The van der Waals surface area contributed by atoms with Crippen molar-refractivity contribution >= 4 is 28.9 Å². The fraction of sp³-hybridized carbons (Fsp3) is 0.500. The van der Waals surface area contributed by atoms with Crippen molar-refractivity contribution in [3.05, 3.63) is 59.2 Å². The van der Waals surface area contributed by atoms with Gasteiger partial charge in [-0.2, -0.15) is 0 Å². The molecular weight excluding hydrogens is 504 g/mol. The third-order valence-electron chi connectivity index (χ3n) is 7.46. The molecule has 5 heteroatoms. The number of benzene rings is 2. The van der Waals surface area contributed by atoms with E-state index in [-0.39, 0.29) is 5.41 Å². The van der Waals surface area contributed by atoms with Gasteiger partial charge in [0.05, 0.1) is 5.69 Å². The Morgan fingerprint density at radius 1 is 1.03 bits per heavy atom. The van der Waals surface area contributed by atoms with Gasteiger partial charge in [-0.1, -0.05) is 37.6 Å². The molecule has 0 heterocycles. The molecule has 0 saturated heterocycles. The van der Waals surface area contributed by atoms with Crippen LogP contribution >= 0.6 is 17.0 Å². The zero-order valence-electron chi connectivity index (χ0n) is 18.2. The Hall–Kier alpha value is -0.627. The number of aromatic hydroxyl groups is 1. The van der Waals surface area contributed by atoms with Crippen LogP contribution < -0.4 is 0 Å². The molecule has 0 aliphatic heterocycles. The topological polar surface area (TPSA) is 32.6 Å². The van der Waals surface area contributed by atoms with Crippen molar-refractivity contribution in [2.75, 3.05) is 0 Å². The summed E-state index contributed by atoms with van der Waals surface area (Å²) in [5.41, 5.74) is 4.60. The summed E-state index contributed by atoms with van der Waals surface area (Å²) in [4.78, 5) is 4.64. The SMILES string of the molecule is CCCc1cc(C=Nc2ccccc2)c(O)c(C23CC4CC(CC(C4)C2)C3)c1.[Cl][Zr][Cl]. The average molecular weight is 536 g/mol. The number of aliphatic imine (C=N–C) groups is 1. The van der Waals surface area contributed by atoms with Crippen LogP contribution in [0.2, 0.25) is 0 Å². The van der Waals surface area contributed by atoms with E-state index < -0.39 is 20.8 Å². The molecule has 0 unspecified atom stereocenters. The summed E-state index contributed by atoms with van der Waals surface area (Å²) in [5.74, 6) is 3.12. The van der Waals surface area contributed by atoms with Gasteiger partial charge < -0.3 is 5.11 Å². The van der Waals surface area contributed by atoms with E-state index in [2.05, 4.69) is 24.0 Å². The quantitative estimate of drug-likeness (QED) is 0.387. The standard InChI is InChI=1S/C26H31NO.2ClH.Zr/c1-2-6-18-12-22(17-27-23-7-4-3-5-8-23)25(28)24(13-18)26-14-19-9-20(15-26)11-21(10-19)16-26;;;/h3-5,7-8,12-13,17,19-21,28H,2,6,9-11,14-16H2,1H3;2*1H;/q;;;+2/p-2. The van der Waals surface area contributed by atoms with Crippen LogP contribution in [-0.2, 0) is 32.7 Å². The molecule has 2 nitrogen and oxygen atoms in total. The second kappa shape index (κ2) is 10.5. The maximum atomic E-state index is 11.3. The Morgan fingerprint density at radius 3 is 2.16 bits per heavy atom. The van der Waals surface area contributed by atoms with Crippen LogP contribution in [0.4, 0.5) is 5.69 Å². The summed E-state index contributed by atoms with van der Waals surface area (Å²) in [5, 5.41) is 11.3. The third kappa shape index (κ3) is 5.31. The molecule has 0 aromatic heterocycles. The number of para-hydroxylation sites is 1. The Labute approximate surface area is 205 Å². The molecule has 4 bridgehead atoms. The van der Waals surface area contributed by atoms with Crippen LogP contribution in [0.25, 0.3) is 0 Å². The van der Waals surface area contributed by atoms with Gasteiger partial charge in [-0.25, -0.2) is 0 Å². The van der Waals surface area contributed by atoms with Crippen LogP contribution in [0.5, 0.6) is 5.75 Å². The van der Waals surface area contributed by atoms with Gasteiger partial charge in [0, 0.05) is 17.3 Å². The molecule has 4 aliphatic rings. The van der Waals surface area contributed by atoms with Gasteiger partial charge in [0.25, 0.3) is 0 Å². The molecule has 164 valence electrons. The number of aryl methyl sites for hydroxylation is 1. The van der Waals surface area contributed by atoms with Crippen molar-refractivity contribution in [3.8, 4) is 5.75 Å². The number of hydrogen-bond acceptors (Lipinski definition) is 2. The first-order valence-electron chi connectivity index (χ1n) is 11.5. The number of halogens is 2. The van der Waals surface area contributed by atoms with Crippen LogP contribution in [0.3, 0.4) is 0 Å². The zero-order chi connectivity index (χ0) is 21.8. The Bertz CT molecular complexity index is 880. The van der Waals surface area contributed by atoms with E-state index in [0.29, 0.717) is 5.75 Å². The van der Waals surface area contributed by atoms with Crippen molar-refractivity contribution in [2.45, 2.75) is 63.7 Å². The molecule has 0 spiro atoms. The molecule has 31 heavy (non-hydrogen) atoms. The second-order valence-corrected chi connectivity index (χ2v) is 13.4. The van der Waals surface area contributed by atoms with E-state index in [9.17, 15) is 5.11 Å². The normalized spacial score (nSPS) is 28.4. The van der Waals surface area contributed by atoms with E-state index in [4.69, 9.17) is 17.0 Å². The molecule has 2 aromatic carbocycles.